The molecule has 1 heterocycles. The zero-order chi connectivity index (χ0) is 16.1. The number of aliphatic hydroxyl groups is 2. The second-order valence-electron chi connectivity index (χ2n) is 6.26. The van der Waals surface area contributed by atoms with E-state index >= 15 is 0 Å². The maximum absolute atomic E-state index is 10.2. The fraction of sp³-hybridized carbons (Fsp3) is 0.750. The minimum Gasteiger partial charge on any atom is -0.396 e. The van der Waals surface area contributed by atoms with Crippen LogP contribution in [-0.4, -0.2) is 71.6 Å². The first kappa shape index (κ1) is 17.3. The molecule has 2 rings (SSSR count). The van der Waals surface area contributed by atoms with Gasteiger partial charge in [0, 0.05) is 44.0 Å². The number of aromatic nitrogens is 2. The lowest BCUT2D eigenvalue weighted by atomic mass is 9.88. The molecular weight excluding hydrogens is 282 g/mol. The average Bonchev–Trinajstić information content (AvgIpc) is 2.81. The van der Waals surface area contributed by atoms with Crippen molar-refractivity contribution in [3.8, 4) is 0 Å². The molecule has 1 aliphatic rings. The molecule has 0 aromatic carbocycles. The zero-order valence-electron chi connectivity index (χ0n) is 13.6. The number of methoxy groups -OCH3 is 1. The van der Waals surface area contributed by atoms with Gasteiger partial charge in [0.2, 0.25) is 0 Å². The van der Waals surface area contributed by atoms with Gasteiger partial charge >= 0.3 is 0 Å². The van der Waals surface area contributed by atoms with Gasteiger partial charge < -0.3 is 19.8 Å². The van der Waals surface area contributed by atoms with Crippen molar-refractivity contribution in [3.05, 3.63) is 23.8 Å². The third-order valence-corrected chi connectivity index (χ3v) is 4.63. The normalized spacial score (nSPS) is 28.5. The second-order valence-corrected chi connectivity index (χ2v) is 6.26. The summed E-state index contributed by atoms with van der Waals surface area (Å²) in [6.45, 7) is 0.614. The number of aliphatic hydroxyl groups excluding tert-OH is 2. The Hall–Kier alpha value is -1.08. The van der Waals surface area contributed by atoms with Crippen LogP contribution in [0.25, 0.3) is 0 Å². The molecule has 1 aliphatic carbocycles. The molecule has 22 heavy (non-hydrogen) atoms. The molecule has 1 saturated carbocycles. The highest BCUT2D eigenvalue weighted by Gasteiger charge is 2.43. The maximum atomic E-state index is 10.2. The first-order valence-electron chi connectivity index (χ1n) is 7.82. The fourth-order valence-electron chi connectivity index (χ4n) is 3.42. The lowest BCUT2D eigenvalue weighted by Crippen LogP contribution is -2.35. The number of nitrogens with zero attached hydrogens (tertiary/aromatic N) is 3. The molecule has 0 radical (unpaired) electrons. The van der Waals surface area contributed by atoms with Crippen molar-refractivity contribution in [2.75, 3.05) is 34.4 Å². The SMILES string of the molecule is COCCc1nccc(CC2C(CO)C(O)CC2N(C)C)n1. The summed E-state index contributed by atoms with van der Waals surface area (Å²) in [5, 5.41) is 19.8. The van der Waals surface area contributed by atoms with Crippen LogP contribution in [0.4, 0.5) is 0 Å². The number of rotatable bonds is 7. The Bertz CT molecular complexity index is 470. The Balaban J connectivity index is 2.12. The molecule has 2 N–H and O–H groups in total. The molecule has 0 spiro atoms. The summed E-state index contributed by atoms with van der Waals surface area (Å²) >= 11 is 0. The van der Waals surface area contributed by atoms with Gasteiger partial charge in [0.25, 0.3) is 0 Å². The monoisotopic (exact) mass is 309 g/mol. The predicted molar refractivity (Wildman–Crippen MR) is 83.5 cm³/mol. The molecule has 6 heteroatoms. The van der Waals surface area contributed by atoms with Crippen molar-refractivity contribution >= 4 is 0 Å². The highest BCUT2D eigenvalue weighted by atomic mass is 16.5. The van der Waals surface area contributed by atoms with Gasteiger partial charge in [-0.05, 0) is 38.9 Å². The van der Waals surface area contributed by atoms with Crippen molar-refractivity contribution in [2.24, 2.45) is 11.8 Å². The topological polar surface area (TPSA) is 78.7 Å². The van der Waals surface area contributed by atoms with E-state index in [-0.39, 0.29) is 24.5 Å². The van der Waals surface area contributed by atoms with Gasteiger partial charge in [0.15, 0.2) is 0 Å². The van der Waals surface area contributed by atoms with Crippen LogP contribution < -0.4 is 0 Å². The van der Waals surface area contributed by atoms with Crippen LogP contribution in [0, 0.1) is 11.8 Å². The molecular formula is C16H27N3O3. The second kappa shape index (κ2) is 7.97. The van der Waals surface area contributed by atoms with E-state index in [2.05, 4.69) is 14.9 Å². The summed E-state index contributed by atoms with van der Waals surface area (Å²) in [6, 6.07) is 2.17. The summed E-state index contributed by atoms with van der Waals surface area (Å²) in [5.41, 5.74) is 0.963. The van der Waals surface area contributed by atoms with E-state index in [0.717, 1.165) is 17.9 Å². The van der Waals surface area contributed by atoms with Gasteiger partial charge in [-0.15, -0.1) is 0 Å². The van der Waals surface area contributed by atoms with Gasteiger partial charge in [-0.2, -0.15) is 0 Å². The third kappa shape index (κ3) is 4.01. The minimum atomic E-state index is -0.447. The van der Waals surface area contributed by atoms with Gasteiger partial charge in [-0.25, -0.2) is 9.97 Å². The zero-order valence-corrected chi connectivity index (χ0v) is 13.6. The summed E-state index contributed by atoms with van der Waals surface area (Å²) in [7, 11) is 5.71. The van der Waals surface area contributed by atoms with Crippen LogP contribution in [-0.2, 0) is 17.6 Å². The number of hydrogen-bond donors (Lipinski definition) is 2. The van der Waals surface area contributed by atoms with E-state index in [0.29, 0.717) is 19.4 Å². The predicted octanol–water partition coefficient (Wildman–Crippen LogP) is 0.127. The van der Waals surface area contributed by atoms with Crippen molar-refractivity contribution in [2.45, 2.75) is 31.4 Å². The maximum Gasteiger partial charge on any atom is 0.130 e. The van der Waals surface area contributed by atoms with E-state index in [1.807, 2.05) is 20.2 Å². The molecule has 124 valence electrons. The smallest absolute Gasteiger partial charge is 0.130 e. The first-order chi connectivity index (χ1) is 10.6. The minimum absolute atomic E-state index is 0.0117. The average molecular weight is 309 g/mol. The largest absolute Gasteiger partial charge is 0.396 e. The van der Waals surface area contributed by atoms with Crippen molar-refractivity contribution in [1.82, 2.24) is 14.9 Å². The molecule has 4 unspecified atom stereocenters. The Labute approximate surface area is 132 Å². The lowest BCUT2D eigenvalue weighted by molar-refractivity contribution is 0.0707. The molecule has 6 nitrogen and oxygen atoms in total. The Morgan fingerprint density at radius 2 is 2.14 bits per heavy atom. The molecule has 0 bridgehead atoms. The highest BCUT2D eigenvalue weighted by molar-refractivity contribution is 5.08. The number of ether oxygens (including phenoxy) is 1. The molecule has 1 aromatic rings. The molecule has 0 aliphatic heterocycles. The van der Waals surface area contributed by atoms with E-state index in [1.165, 1.54) is 0 Å². The van der Waals surface area contributed by atoms with E-state index in [9.17, 15) is 10.2 Å². The summed E-state index contributed by atoms with van der Waals surface area (Å²) in [6.07, 6.45) is 3.46. The van der Waals surface area contributed by atoms with Gasteiger partial charge in [0.05, 0.1) is 12.7 Å². The summed E-state index contributed by atoms with van der Waals surface area (Å²) in [4.78, 5) is 11.0. The van der Waals surface area contributed by atoms with Gasteiger partial charge in [-0.1, -0.05) is 0 Å². The van der Waals surface area contributed by atoms with Crippen molar-refractivity contribution in [1.29, 1.82) is 0 Å². The molecule has 4 atom stereocenters. The fourth-order valence-corrected chi connectivity index (χ4v) is 3.42. The Morgan fingerprint density at radius 1 is 1.36 bits per heavy atom. The molecule has 0 amide bonds. The Morgan fingerprint density at radius 3 is 2.77 bits per heavy atom. The van der Waals surface area contributed by atoms with E-state index < -0.39 is 6.10 Å². The van der Waals surface area contributed by atoms with E-state index in [4.69, 9.17) is 4.74 Å². The van der Waals surface area contributed by atoms with Crippen LogP contribution in [0.15, 0.2) is 12.3 Å². The standard InChI is InChI=1S/C16H27N3O3/c1-19(2)14-9-15(21)13(10-20)12(14)8-11-4-6-17-16(18-11)5-7-22-3/h4,6,12-15,20-21H,5,7-10H2,1-3H3. The van der Waals surface area contributed by atoms with Gasteiger partial charge in [-0.3, -0.25) is 0 Å². The summed E-state index contributed by atoms with van der Waals surface area (Å²) < 4.78 is 5.06. The highest BCUT2D eigenvalue weighted by Crippen LogP contribution is 2.36. The van der Waals surface area contributed by atoms with Crippen LogP contribution in [0.1, 0.15) is 17.9 Å². The Kier molecular flexibility index (Phi) is 6.26. The third-order valence-electron chi connectivity index (χ3n) is 4.63. The lowest BCUT2D eigenvalue weighted by Gasteiger charge is -2.28. The molecule has 1 fully saturated rings. The van der Waals surface area contributed by atoms with Crippen molar-refractivity contribution in [3.63, 3.8) is 0 Å². The van der Waals surface area contributed by atoms with E-state index in [1.54, 1.807) is 13.3 Å². The summed E-state index contributed by atoms with van der Waals surface area (Å²) in [5.74, 6) is 0.879. The quantitative estimate of drug-likeness (QED) is 0.745. The molecule has 0 saturated heterocycles. The van der Waals surface area contributed by atoms with Crippen LogP contribution in [0.3, 0.4) is 0 Å². The van der Waals surface area contributed by atoms with Crippen LogP contribution >= 0.6 is 0 Å². The van der Waals surface area contributed by atoms with Crippen LogP contribution in [0.2, 0.25) is 0 Å². The first-order valence-corrected chi connectivity index (χ1v) is 7.82. The van der Waals surface area contributed by atoms with Gasteiger partial charge in [0.1, 0.15) is 5.82 Å². The van der Waals surface area contributed by atoms with Crippen LogP contribution in [0.5, 0.6) is 0 Å². The molecule has 1 aromatic heterocycles. The van der Waals surface area contributed by atoms with Crippen molar-refractivity contribution < 1.29 is 14.9 Å². The number of hydrogen-bond acceptors (Lipinski definition) is 6.